The van der Waals surface area contributed by atoms with Crippen LogP contribution in [0.3, 0.4) is 0 Å². The van der Waals surface area contributed by atoms with Gasteiger partial charge in [0.05, 0.1) is 17.7 Å². The number of hydrogen-bond donors (Lipinski definition) is 2. The van der Waals surface area contributed by atoms with Gasteiger partial charge in [-0.2, -0.15) is 0 Å². The maximum absolute atomic E-state index is 10.7. The summed E-state index contributed by atoms with van der Waals surface area (Å²) in [5.74, 6) is 4.27. The lowest BCUT2D eigenvalue weighted by atomic mass is 10.4. The predicted octanol–water partition coefficient (Wildman–Crippen LogP) is 0.347. The van der Waals surface area contributed by atoms with Gasteiger partial charge in [-0.15, -0.1) is 11.3 Å². The van der Waals surface area contributed by atoms with Crippen molar-refractivity contribution in [3.8, 4) is 11.8 Å². The van der Waals surface area contributed by atoms with Crippen LogP contribution < -0.4 is 4.72 Å². The van der Waals surface area contributed by atoms with Crippen LogP contribution in [0.1, 0.15) is 14.5 Å². The fourth-order valence-corrected chi connectivity index (χ4v) is 1.87. The zero-order valence-electron chi connectivity index (χ0n) is 8.35. The van der Waals surface area contributed by atoms with E-state index >= 15 is 0 Å². The third-order valence-corrected chi connectivity index (χ3v) is 3.11. The fraction of sp³-hybridized carbons (Fsp3) is 0.222. The second-order valence-corrected chi connectivity index (χ2v) is 5.78. The van der Waals surface area contributed by atoms with Crippen LogP contribution in [-0.2, 0) is 10.0 Å². The largest absolute Gasteiger partial charge is 0.477 e. The monoisotopic (exact) mass is 259 g/mol. The Morgan fingerprint density at radius 1 is 1.56 bits per heavy atom. The molecule has 0 spiro atoms. The van der Waals surface area contributed by atoms with E-state index in [1.54, 1.807) is 6.07 Å². The van der Waals surface area contributed by atoms with E-state index in [1.807, 2.05) is 0 Å². The number of carboxylic acid groups (broad SMARTS) is 1. The normalized spacial score (nSPS) is 10.6. The number of thiophene rings is 1. The molecule has 0 saturated carbocycles. The van der Waals surface area contributed by atoms with Crippen molar-refractivity contribution in [1.82, 2.24) is 4.72 Å². The van der Waals surface area contributed by atoms with Crippen molar-refractivity contribution in [2.45, 2.75) is 0 Å². The molecule has 0 aromatic carbocycles. The first-order chi connectivity index (χ1) is 7.38. The topological polar surface area (TPSA) is 83.5 Å². The highest BCUT2D eigenvalue weighted by Gasteiger charge is 2.04. The Labute approximate surface area is 97.2 Å². The number of hydrogen-bond acceptors (Lipinski definition) is 4. The first-order valence-electron chi connectivity index (χ1n) is 4.15. The lowest BCUT2D eigenvalue weighted by Gasteiger charge is -1.92. The van der Waals surface area contributed by atoms with Crippen molar-refractivity contribution in [3.63, 3.8) is 0 Å². The minimum Gasteiger partial charge on any atom is -0.477 e. The summed E-state index contributed by atoms with van der Waals surface area (Å²) in [5.41, 5.74) is 0. The number of aromatic carboxylic acids is 1. The van der Waals surface area contributed by atoms with Gasteiger partial charge in [-0.3, -0.25) is 0 Å². The molecule has 0 saturated heterocycles. The molecule has 0 radical (unpaired) electrons. The van der Waals surface area contributed by atoms with E-state index < -0.39 is 16.0 Å². The smallest absolute Gasteiger partial charge is 0.345 e. The van der Waals surface area contributed by atoms with Crippen LogP contribution >= 0.6 is 11.3 Å². The Morgan fingerprint density at radius 2 is 2.25 bits per heavy atom. The standard InChI is InChI=1S/C9H9NO4S2/c1-16(13,14)10-6-2-3-7-4-5-8(15-7)9(11)12/h4-5,10H,6H2,1H3,(H,11,12). The van der Waals surface area contributed by atoms with E-state index in [-0.39, 0.29) is 11.4 Å². The summed E-state index contributed by atoms with van der Waals surface area (Å²) in [6.07, 6.45) is 1.04. The minimum absolute atomic E-state index is 0.0130. The van der Waals surface area contributed by atoms with Crippen molar-refractivity contribution in [2.24, 2.45) is 0 Å². The molecular weight excluding hydrogens is 250 g/mol. The average molecular weight is 259 g/mol. The third kappa shape index (κ3) is 4.44. The van der Waals surface area contributed by atoms with Crippen molar-refractivity contribution in [2.75, 3.05) is 12.8 Å². The van der Waals surface area contributed by atoms with Crippen LogP contribution in [0.25, 0.3) is 0 Å². The van der Waals surface area contributed by atoms with Crippen LogP contribution in [0.15, 0.2) is 12.1 Å². The zero-order chi connectivity index (χ0) is 12.2. The van der Waals surface area contributed by atoms with Gasteiger partial charge in [-0.05, 0) is 12.1 Å². The molecule has 0 amide bonds. The van der Waals surface area contributed by atoms with Crippen molar-refractivity contribution >= 4 is 27.3 Å². The van der Waals surface area contributed by atoms with E-state index in [2.05, 4.69) is 16.6 Å². The molecule has 1 rings (SSSR count). The van der Waals surface area contributed by atoms with E-state index in [0.717, 1.165) is 17.6 Å². The number of rotatable bonds is 3. The average Bonchev–Trinajstić information content (AvgIpc) is 2.59. The second-order valence-electron chi connectivity index (χ2n) is 2.86. The van der Waals surface area contributed by atoms with Crippen LogP contribution in [-0.4, -0.2) is 32.3 Å². The molecule has 0 aliphatic rings. The van der Waals surface area contributed by atoms with E-state index in [0.29, 0.717) is 4.88 Å². The van der Waals surface area contributed by atoms with Gasteiger partial charge in [0, 0.05) is 0 Å². The molecule has 0 unspecified atom stereocenters. The molecule has 1 aromatic rings. The van der Waals surface area contributed by atoms with Crippen LogP contribution in [0.2, 0.25) is 0 Å². The number of carbonyl (C=O) groups is 1. The zero-order valence-corrected chi connectivity index (χ0v) is 9.98. The Hall–Kier alpha value is -1.36. The molecule has 86 valence electrons. The molecule has 0 aliphatic heterocycles. The highest BCUT2D eigenvalue weighted by Crippen LogP contribution is 2.14. The molecule has 7 heteroatoms. The highest BCUT2D eigenvalue weighted by molar-refractivity contribution is 7.88. The van der Waals surface area contributed by atoms with Crippen LogP contribution in [0.5, 0.6) is 0 Å². The molecule has 0 fully saturated rings. The SMILES string of the molecule is CS(=O)(=O)NCC#Cc1ccc(C(=O)O)s1. The summed E-state index contributed by atoms with van der Waals surface area (Å²) in [6.45, 7) is 0.0130. The molecule has 0 aliphatic carbocycles. The van der Waals surface area contributed by atoms with Gasteiger partial charge in [-0.25, -0.2) is 17.9 Å². The Balaban J connectivity index is 2.60. The Bertz CT molecular complexity index is 548. The maximum atomic E-state index is 10.7. The van der Waals surface area contributed by atoms with E-state index in [4.69, 9.17) is 5.11 Å². The lowest BCUT2D eigenvalue weighted by molar-refractivity contribution is 0.0702. The molecule has 5 nitrogen and oxygen atoms in total. The number of nitrogens with one attached hydrogen (secondary N) is 1. The first kappa shape index (κ1) is 12.7. The molecule has 0 bridgehead atoms. The highest BCUT2D eigenvalue weighted by atomic mass is 32.2. The van der Waals surface area contributed by atoms with Crippen molar-refractivity contribution in [1.29, 1.82) is 0 Å². The number of carboxylic acids is 1. The van der Waals surface area contributed by atoms with Gasteiger partial charge >= 0.3 is 5.97 Å². The molecule has 1 aromatic heterocycles. The summed E-state index contributed by atoms with van der Waals surface area (Å²) in [6, 6.07) is 3.04. The fourth-order valence-electron chi connectivity index (χ4n) is 0.818. The van der Waals surface area contributed by atoms with Gasteiger partial charge in [0.2, 0.25) is 10.0 Å². The lowest BCUT2D eigenvalue weighted by Crippen LogP contribution is -2.21. The second kappa shape index (κ2) is 5.12. The van der Waals surface area contributed by atoms with Gasteiger partial charge in [-0.1, -0.05) is 11.8 Å². The molecule has 2 N–H and O–H groups in total. The van der Waals surface area contributed by atoms with Gasteiger partial charge in [0.1, 0.15) is 4.88 Å². The maximum Gasteiger partial charge on any atom is 0.345 e. The minimum atomic E-state index is -3.23. The molecule has 0 atom stereocenters. The molecule has 1 heterocycles. The molecule has 16 heavy (non-hydrogen) atoms. The van der Waals surface area contributed by atoms with Gasteiger partial charge < -0.3 is 5.11 Å². The van der Waals surface area contributed by atoms with E-state index in [9.17, 15) is 13.2 Å². The quantitative estimate of drug-likeness (QED) is 0.767. The Kier molecular flexibility index (Phi) is 4.06. The summed E-state index contributed by atoms with van der Waals surface area (Å²) in [5, 5.41) is 8.65. The van der Waals surface area contributed by atoms with Crippen molar-refractivity contribution < 1.29 is 18.3 Å². The number of sulfonamides is 1. The van der Waals surface area contributed by atoms with Gasteiger partial charge in [0.15, 0.2) is 0 Å². The summed E-state index contributed by atoms with van der Waals surface area (Å²) < 4.78 is 23.6. The molecular formula is C9H9NO4S2. The first-order valence-corrected chi connectivity index (χ1v) is 6.86. The van der Waals surface area contributed by atoms with Crippen LogP contribution in [0, 0.1) is 11.8 Å². The van der Waals surface area contributed by atoms with Crippen LogP contribution in [0.4, 0.5) is 0 Å². The van der Waals surface area contributed by atoms with Gasteiger partial charge in [0.25, 0.3) is 0 Å². The Morgan fingerprint density at radius 3 is 2.75 bits per heavy atom. The van der Waals surface area contributed by atoms with Crippen molar-refractivity contribution in [3.05, 3.63) is 21.9 Å². The van der Waals surface area contributed by atoms with E-state index in [1.165, 1.54) is 6.07 Å². The summed E-state index contributed by atoms with van der Waals surface area (Å²) in [7, 11) is -3.23. The summed E-state index contributed by atoms with van der Waals surface area (Å²) in [4.78, 5) is 11.3. The summed E-state index contributed by atoms with van der Waals surface area (Å²) >= 11 is 1.05. The predicted molar refractivity (Wildman–Crippen MR) is 61.0 cm³/mol. The third-order valence-electron chi connectivity index (χ3n) is 1.45.